The second kappa shape index (κ2) is 8.61. The van der Waals surface area contributed by atoms with Crippen molar-refractivity contribution in [2.45, 2.75) is 31.8 Å². The fourth-order valence-corrected chi connectivity index (χ4v) is 3.76. The van der Waals surface area contributed by atoms with E-state index < -0.39 is 0 Å². The van der Waals surface area contributed by atoms with Crippen molar-refractivity contribution < 1.29 is 14.7 Å². The fourth-order valence-electron chi connectivity index (χ4n) is 3.21. The Hall–Kier alpha value is -2.60. The molecule has 0 amide bonds. The molecule has 1 unspecified atom stereocenters. The Balaban J connectivity index is 1.53. The van der Waals surface area contributed by atoms with Crippen molar-refractivity contribution in [3.8, 4) is 11.5 Å². The molecule has 0 spiro atoms. The van der Waals surface area contributed by atoms with Gasteiger partial charge in [-0.1, -0.05) is 27.2 Å². The lowest BCUT2D eigenvalue weighted by molar-refractivity contribution is 0.153. The Morgan fingerprint density at radius 1 is 1.04 bits per heavy atom. The van der Waals surface area contributed by atoms with E-state index in [1.54, 1.807) is 12.1 Å². The molecule has 0 aromatic heterocycles. The summed E-state index contributed by atoms with van der Waals surface area (Å²) in [6.45, 7) is 0.465. The molecule has 0 saturated carbocycles. The highest BCUT2D eigenvalue weighted by Crippen LogP contribution is 2.28. The van der Waals surface area contributed by atoms with Gasteiger partial charge in [-0.05, 0) is 73.4 Å². The zero-order chi connectivity index (χ0) is 19.3. The minimum Gasteiger partial charge on any atom is -0.508 e. The third-order valence-electron chi connectivity index (χ3n) is 4.73. The van der Waals surface area contributed by atoms with E-state index in [4.69, 9.17) is 14.6 Å². The quantitative estimate of drug-likeness (QED) is 0.712. The lowest BCUT2D eigenvalue weighted by Gasteiger charge is -2.22. The molecule has 1 aliphatic carbocycles. The lowest BCUT2D eigenvalue weighted by Crippen LogP contribution is -2.19. The van der Waals surface area contributed by atoms with Crippen LogP contribution < -0.4 is 4.74 Å². The van der Waals surface area contributed by atoms with E-state index in [0.717, 1.165) is 46.3 Å². The predicted molar refractivity (Wildman–Crippen MR) is 113 cm³/mol. The molecule has 144 valence electrons. The number of benzene rings is 2. The number of hydrogen-bond donors (Lipinski definition) is 1. The van der Waals surface area contributed by atoms with Gasteiger partial charge >= 0.3 is 0 Å². The van der Waals surface area contributed by atoms with Gasteiger partial charge in [0.1, 0.15) is 24.2 Å². The average molecular weight is 441 g/mol. The molecule has 1 aliphatic heterocycles. The lowest BCUT2D eigenvalue weighted by atomic mass is 10.1. The summed E-state index contributed by atoms with van der Waals surface area (Å²) < 4.78 is 7.21. The number of phenols is 1. The third kappa shape index (κ3) is 4.44. The summed E-state index contributed by atoms with van der Waals surface area (Å²) in [5, 5.41) is 13.7. The first-order valence-corrected chi connectivity index (χ1v) is 10.2. The third-order valence-corrected chi connectivity index (χ3v) is 5.57. The van der Waals surface area contributed by atoms with Crippen LogP contribution in [0.2, 0.25) is 0 Å². The summed E-state index contributed by atoms with van der Waals surface area (Å²) in [7, 11) is 0. The molecule has 0 bridgehead atoms. The van der Waals surface area contributed by atoms with Gasteiger partial charge in [0, 0.05) is 16.5 Å². The van der Waals surface area contributed by atoms with Gasteiger partial charge in [0.05, 0.1) is 5.71 Å². The van der Waals surface area contributed by atoms with Crippen molar-refractivity contribution in [2.75, 3.05) is 6.61 Å². The van der Waals surface area contributed by atoms with Crippen LogP contribution >= 0.6 is 15.9 Å². The Bertz CT molecular complexity index is 918. The molecule has 4 rings (SSSR count). The first-order chi connectivity index (χ1) is 13.7. The van der Waals surface area contributed by atoms with Gasteiger partial charge in [0.25, 0.3) is 0 Å². The van der Waals surface area contributed by atoms with Crippen molar-refractivity contribution in [1.29, 1.82) is 0 Å². The smallest absolute Gasteiger partial charge is 0.198 e. The average Bonchev–Trinajstić information content (AvgIpc) is 2.97. The summed E-state index contributed by atoms with van der Waals surface area (Å²) in [6, 6.07) is 14.8. The number of nitrogens with zero attached hydrogens (tertiary/aromatic N) is 2. The highest BCUT2D eigenvalue weighted by molar-refractivity contribution is 9.11. The second-order valence-corrected chi connectivity index (χ2v) is 7.67. The standard InChI is InChI=1S/C22H21BrN2O3/c23-19-3-1-2-4-21(19)28-18-11-7-16(8-12-18)22-24-20(13-14-27-25-22)15-5-9-17(26)10-6-15/h3,5-12,21,26H,1-2,4,13-14H2. The molecule has 0 saturated heterocycles. The molecule has 2 aromatic rings. The number of aromatic hydroxyl groups is 1. The molecule has 2 aromatic carbocycles. The molecule has 5 nitrogen and oxygen atoms in total. The van der Waals surface area contributed by atoms with Gasteiger partial charge in [-0.3, -0.25) is 0 Å². The van der Waals surface area contributed by atoms with Gasteiger partial charge in [-0.2, -0.15) is 0 Å². The number of aliphatic imine (C=N–C) groups is 1. The number of halogens is 1. The van der Waals surface area contributed by atoms with Crippen molar-refractivity contribution >= 4 is 27.5 Å². The number of phenolic OH excluding ortho intramolecular Hbond substituents is 1. The number of amidine groups is 1. The number of ether oxygens (including phenoxy) is 1. The van der Waals surface area contributed by atoms with Crippen LogP contribution in [-0.2, 0) is 4.84 Å². The van der Waals surface area contributed by atoms with Crippen molar-refractivity contribution in [3.63, 3.8) is 0 Å². The highest BCUT2D eigenvalue weighted by Gasteiger charge is 2.18. The molecule has 6 heteroatoms. The SMILES string of the molecule is Oc1ccc(C2=NC(c3ccc(OC4CCCC=C4Br)cc3)=NOCC2)cc1. The van der Waals surface area contributed by atoms with E-state index in [2.05, 4.69) is 27.2 Å². The van der Waals surface area contributed by atoms with Crippen molar-refractivity contribution in [3.05, 3.63) is 70.2 Å². The van der Waals surface area contributed by atoms with Gasteiger partial charge in [0.2, 0.25) is 0 Å². The van der Waals surface area contributed by atoms with Gasteiger partial charge in [0.15, 0.2) is 5.84 Å². The molecule has 28 heavy (non-hydrogen) atoms. The fraction of sp³-hybridized carbons (Fsp3) is 0.273. The topological polar surface area (TPSA) is 63.4 Å². The van der Waals surface area contributed by atoms with Gasteiger partial charge < -0.3 is 14.7 Å². The number of allylic oxidation sites excluding steroid dienone is 1. The maximum absolute atomic E-state index is 9.49. The molecular weight excluding hydrogens is 420 g/mol. The van der Waals surface area contributed by atoms with Gasteiger partial charge in [-0.15, -0.1) is 0 Å². The Kier molecular flexibility index (Phi) is 5.76. The molecule has 1 atom stereocenters. The molecule has 0 radical (unpaired) electrons. The number of rotatable bonds is 4. The van der Waals surface area contributed by atoms with Crippen LogP contribution in [0, 0.1) is 0 Å². The molecule has 1 heterocycles. The number of oxime groups is 1. The largest absolute Gasteiger partial charge is 0.508 e. The summed E-state index contributed by atoms with van der Waals surface area (Å²) >= 11 is 3.60. The molecule has 0 fully saturated rings. The second-order valence-electron chi connectivity index (χ2n) is 6.75. The van der Waals surface area contributed by atoms with Crippen molar-refractivity contribution in [1.82, 2.24) is 0 Å². The van der Waals surface area contributed by atoms with E-state index in [0.29, 0.717) is 18.9 Å². The zero-order valence-electron chi connectivity index (χ0n) is 15.3. The Morgan fingerprint density at radius 3 is 2.54 bits per heavy atom. The van der Waals surface area contributed by atoms with Crippen LogP contribution in [0.15, 0.2) is 69.2 Å². The summed E-state index contributed by atoms with van der Waals surface area (Å²) in [5.74, 6) is 1.59. The van der Waals surface area contributed by atoms with E-state index in [9.17, 15) is 5.11 Å². The van der Waals surface area contributed by atoms with E-state index in [-0.39, 0.29) is 11.9 Å². The van der Waals surface area contributed by atoms with Crippen LogP contribution in [0.5, 0.6) is 11.5 Å². The maximum Gasteiger partial charge on any atom is 0.198 e. The maximum atomic E-state index is 9.49. The predicted octanol–water partition coefficient (Wildman–Crippen LogP) is 5.17. The minimum absolute atomic E-state index is 0.0808. The minimum atomic E-state index is 0.0808. The van der Waals surface area contributed by atoms with Crippen molar-refractivity contribution in [2.24, 2.45) is 10.1 Å². The zero-order valence-corrected chi connectivity index (χ0v) is 16.9. The molecular formula is C22H21BrN2O3. The van der Waals surface area contributed by atoms with Crippen LogP contribution in [-0.4, -0.2) is 29.4 Å². The molecule has 2 aliphatic rings. The summed E-state index contributed by atoms with van der Waals surface area (Å²) in [6.07, 6.45) is 6.17. The van der Waals surface area contributed by atoms with Crippen LogP contribution in [0.4, 0.5) is 0 Å². The first kappa shape index (κ1) is 18.7. The first-order valence-electron chi connectivity index (χ1n) is 9.38. The van der Waals surface area contributed by atoms with Crippen LogP contribution in [0.3, 0.4) is 0 Å². The molecule has 1 N–H and O–H groups in total. The summed E-state index contributed by atoms with van der Waals surface area (Å²) in [4.78, 5) is 10.1. The normalized spacial score (nSPS) is 19.6. The Morgan fingerprint density at radius 2 is 1.79 bits per heavy atom. The highest BCUT2D eigenvalue weighted by atomic mass is 79.9. The van der Waals surface area contributed by atoms with E-state index in [1.807, 2.05) is 36.4 Å². The van der Waals surface area contributed by atoms with E-state index in [1.165, 1.54) is 0 Å². The Labute approximate surface area is 172 Å². The van der Waals surface area contributed by atoms with Crippen LogP contribution in [0.25, 0.3) is 0 Å². The number of hydrogen-bond acceptors (Lipinski definition) is 5. The van der Waals surface area contributed by atoms with E-state index >= 15 is 0 Å². The van der Waals surface area contributed by atoms with Gasteiger partial charge in [-0.25, -0.2) is 4.99 Å². The van der Waals surface area contributed by atoms with Crippen LogP contribution in [0.1, 0.15) is 36.8 Å². The monoisotopic (exact) mass is 440 g/mol. The summed E-state index contributed by atoms with van der Waals surface area (Å²) in [5.41, 5.74) is 2.70.